The number of rotatable bonds is 3. The first-order valence-corrected chi connectivity index (χ1v) is 6.55. The van der Waals surface area contributed by atoms with Crippen LogP contribution >= 0.6 is 0 Å². The SMILES string of the molecule is COc1ccc(C(=O)NC2CCCCC2N)cc1O. The van der Waals surface area contributed by atoms with E-state index in [4.69, 9.17) is 10.5 Å². The molecule has 1 amide bonds. The fourth-order valence-corrected chi connectivity index (χ4v) is 2.42. The molecule has 0 heterocycles. The lowest BCUT2D eigenvalue weighted by molar-refractivity contribution is 0.0921. The molecule has 1 fully saturated rings. The van der Waals surface area contributed by atoms with Gasteiger partial charge in [-0.05, 0) is 31.0 Å². The first kappa shape index (κ1) is 13.7. The summed E-state index contributed by atoms with van der Waals surface area (Å²) >= 11 is 0. The lowest BCUT2D eigenvalue weighted by Gasteiger charge is -2.29. The molecule has 1 aromatic carbocycles. The van der Waals surface area contributed by atoms with E-state index in [1.54, 1.807) is 12.1 Å². The second kappa shape index (κ2) is 5.93. The summed E-state index contributed by atoms with van der Waals surface area (Å²) in [5, 5.41) is 12.6. The van der Waals surface area contributed by atoms with Gasteiger partial charge in [0, 0.05) is 17.6 Å². The minimum atomic E-state index is -0.208. The Morgan fingerprint density at radius 2 is 2.16 bits per heavy atom. The first-order chi connectivity index (χ1) is 9.11. The molecule has 2 atom stereocenters. The van der Waals surface area contributed by atoms with Crippen LogP contribution in [-0.2, 0) is 0 Å². The van der Waals surface area contributed by atoms with Crippen molar-refractivity contribution in [1.82, 2.24) is 5.32 Å². The molecule has 1 aliphatic rings. The van der Waals surface area contributed by atoms with Gasteiger partial charge in [0.05, 0.1) is 7.11 Å². The Kier molecular flexibility index (Phi) is 4.27. The number of ether oxygens (including phenoxy) is 1. The summed E-state index contributed by atoms with van der Waals surface area (Å²) in [7, 11) is 1.47. The summed E-state index contributed by atoms with van der Waals surface area (Å²) in [5.41, 5.74) is 6.41. The number of benzene rings is 1. The fourth-order valence-electron chi connectivity index (χ4n) is 2.42. The average Bonchev–Trinajstić information content (AvgIpc) is 2.41. The second-order valence-electron chi connectivity index (χ2n) is 4.91. The third-order valence-corrected chi connectivity index (χ3v) is 3.58. The number of methoxy groups -OCH3 is 1. The largest absolute Gasteiger partial charge is 0.504 e. The molecule has 2 unspecified atom stereocenters. The van der Waals surface area contributed by atoms with Gasteiger partial charge in [0.1, 0.15) is 0 Å². The van der Waals surface area contributed by atoms with Gasteiger partial charge in [-0.25, -0.2) is 0 Å². The van der Waals surface area contributed by atoms with Crippen molar-refractivity contribution in [3.63, 3.8) is 0 Å². The van der Waals surface area contributed by atoms with Crippen molar-refractivity contribution in [2.24, 2.45) is 5.73 Å². The fraction of sp³-hybridized carbons (Fsp3) is 0.500. The van der Waals surface area contributed by atoms with Gasteiger partial charge in [-0.2, -0.15) is 0 Å². The van der Waals surface area contributed by atoms with Crippen LogP contribution in [0.25, 0.3) is 0 Å². The number of aromatic hydroxyl groups is 1. The van der Waals surface area contributed by atoms with Gasteiger partial charge < -0.3 is 20.9 Å². The number of nitrogens with one attached hydrogen (secondary N) is 1. The Labute approximate surface area is 112 Å². The van der Waals surface area contributed by atoms with E-state index in [-0.39, 0.29) is 23.7 Å². The van der Waals surface area contributed by atoms with Crippen molar-refractivity contribution in [2.75, 3.05) is 7.11 Å². The quantitative estimate of drug-likeness (QED) is 0.770. The van der Waals surface area contributed by atoms with E-state index in [1.807, 2.05) is 0 Å². The number of amides is 1. The Hall–Kier alpha value is -1.75. The van der Waals surface area contributed by atoms with Gasteiger partial charge >= 0.3 is 0 Å². The molecule has 5 nitrogen and oxygen atoms in total. The maximum atomic E-state index is 12.1. The second-order valence-corrected chi connectivity index (χ2v) is 4.91. The molecule has 0 spiro atoms. The molecule has 19 heavy (non-hydrogen) atoms. The van der Waals surface area contributed by atoms with E-state index in [2.05, 4.69) is 5.32 Å². The molecule has 0 radical (unpaired) electrons. The highest BCUT2D eigenvalue weighted by Crippen LogP contribution is 2.26. The highest BCUT2D eigenvalue weighted by atomic mass is 16.5. The number of hydrogen-bond acceptors (Lipinski definition) is 4. The Morgan fingerprint density at radius 1 is 1.42 bits per heavy atom. The van der Waals surface area contributed by atoms with Gasteiger partial charge in [-0.1, -0.05) is 12.8 Å². The summed E-state index contributed by atoms with van der Waals surface area (Å²) in [6.45, 7) is 0. The lowest BCUT2D eigenvalue weighted by Crippen LogP contribution is -2.49. The third-order valence-electron chi connectivity index (χ3n) is 3.58. The van der Waals surface area contributed by atoms with E-state index >= 15 is 0 Å². The topological polar surface area (TPSA) is 84.6 Å². The highest BCUT2D eigenvalue weighted by Gasteiger charge is 2.23. The van der Waals surface area contributed by atoms with Crippen LogP contribution in [0.5, 0.6) is 11.5 Å². The standard InChI is InChI=1S/C14H20N2O3/c1-19-13-7-6-9(8-12(13)17)14(18)16-11-5-3-2-4-10(11)15/h6-8,10-11,17H,2-5,15H2,1H3,(H,16,18). The van der Waals surface area contributed by atoms with Crippen LogP contribution in [0.3, 0.4) is 0 Å². The molecule has 1 saturated carbocycles. The monoisotopic (exact) mass is 264 g/mol. The Balaban J connectivity index is 2.05. The minimum Gasteiger partial charge on any atom is -0.504 e. The molecule has 104 valence electrons. The molecule has 0 aliphatic heterocycles. The van der Waals surface area contributed by atoms with Gasteiger partial charge in [0.15, 0.2) is 11.5 Å². The minimum absolute atomic E-state index is 0.0181. The van der Waals surface area contributed by atoms with Crippen molar-refractivity contribution < 1.29 is 14.6 Å². The summed E-state index contributed by atoms with van der Waals surface area (Å²) in [5.74, 6) is 0.106. The third kappa shape index (κ3) is 3.17. The number of carbonyl (C=O) groups excluding carboxylic acids is 1. The molecule has 2 rings (SSSR count). The summed E-state index contributed by atoms with van der Waals surface area (Å²) in [4.78, 5) is 12.1. The molecule has 1 aliphatic carbocycles. The van der Waals surface area contributed by atoms with Gasteiger partial charge in [-0.3, -0.25) is 4.79 Å². The van der Waals surface area contributed by atoms with Crippen LogP contribution in [0.4, 0.5) is 0 Å². The Morgan fingerprint density at radius 3 is 2.79 bits per heavy atom. The molecule has 0 saturated heterocycles. The normalized spacial score (nSPS) is 22.8. The van der Waals surface area contributed by atoms with Gasteiger partial charge in [-0.15, -0.1) is 0 Å². The molecule has 5 heteroatoms. The van der Waals surface area contributed by atoms with Crippen LogP contribution in [0.15, 0.2) is 18.2 Å². The summed E-state index contributed by atoms with van der Waals surface area (Å²) < 4.78 is 4.95. The van der Waals surface area contributed by atoms with Crippen molar-refractivity contribution >= 4 is 5.91 Å². The van der Waals surface area contributed by atoms with E-state index in [0.717, 1.165) is 25.7 Å². The molecule has 4 N–H and O–H groups in total. The smallest absolute Gasteiger partial charge is 0.251 e. The van der Waals surface area contributed by atoms with Crippen molar-refractivity contribution in [1.29, 1.82) is 0 Å². The van der Waals surface area contributed by atoms with Gasteiger partial charge in [0.25, 0.3) is 5.91 Å². The van der Waals surface area contributed by atoms with Crippen LogP contribution in [0.2, 0.25) is 0 Å². The van der Waals surface area contributed by atoms with Crippen molar-refractivity contribution in [3.05, 3.63) is 23.8 Å². The molecule has 0 bridgehead atoms. The van der Waals surface area contributed by atoms with E-state index in [9.17, 15) is 9.90 Å². The first-order valence-electron chi connectivity index (χ1n) is 6.55. The zero-order chi connectivity index (χ0) is 13.8. The van der Waals surface area contributed by atoms with Crippen LogP contribution in [-0.4, -0.2) is 30.2 Å². The predicted molar refractivity (Wildman–Crippen MR) is 72.4 cm³/mol. The number of phenols is 1. The zero-order valence-corrected chi connectivity index (χ0v) is 11.1. The number of hydrogen-bond donors (Lipinski definition) is 3. The van der Waals surface area contributed by atoms with E-state index < -0.39 is 0 Å². The van der Waals surface area contributed by atoms with Crippen LogP contribution in [0.1, 0.15) is 36.0 Å². The Bertz CT molecular complexity index is 462. The summed E-state index contributed by atoms with van der Waals surface area (Å²) in [6, 6.07) is 4.64. The highest BCUT2D eigenvalue weighted by molar-refractivity contribution is 5.95. The lowest BCUT2D eigenvalue weighted by atomic mass is 9.91. The number of carbonyl (C=O) groups is 1. The molecule has 1 aromatic rings. The zero-order valence-electron chi connectivity index (χ0n) is 11.1. The van der Waals surface area contributed by atoms with Crippen LogP contribution in [0, 0.1) is 0 Å². The predicted octanol–water partition coefficient (Wildman–Crippen LogP) is 1.40. The molecular formula is C14H20N2O3. The summed E-state index contributed by atoms with van der Waals surface area (Å²) in [6.07, 6.45) is 4.07. The molecule has 0 aromatic heterocycles. The number of phenolic OH excluding ortho intramolecular Hbond substituents is 1. The molecular weight excluding hydrogens is 244 g/mol. The van der Waals surface area contributed by atoms with E-state index in [1.165, 1.54) is 13.2 Å². The maximum absolute atomic E-state index is 12.1. The van der Waals surface area contributed by atoms with E-state index in [0.29, 0.717) is 11.3 Å². The van der Waals surface area contributed by atoms with Crippen molar-refractivity contribution in [3.8, 4) is 11.5 Å². The average molecular weight is 264 g/mol. The van der Waals surface area contributed by atoms with Crippen LogP contribution < -0.4 is 15.8 Å². The number of nitrogens with two attached hydrogens (primary N) is 1. The van der Waals surface area contributed by atoms with Crippen molar-refractivity contribution in [2.45, 2.75) is 37.8 Å². The van der Waals surface area contributed by atoms with Gasteiger partial charge in [0.2, 0.25) is 0 Å². The maximum Gasteiger partial charge on any atom is 0.251 e.